The van der Waals surface area contributed by atoms with Crippen LogP contribution in [-0.4, -0.2) is 16.5 Å². The molecule has 10 heavy (non-hydrogen) atoms. The van der Waals surface area contributed by atoms with Gasteiger partial charge in [0.1, 0.15) is 6.67 Å². The fraction of sp³-hybridized carbons (Fsp3) is 0.571. The van der Waals surface area contributed by atoms with E-state index >= 15 is 0 Å². The van der Waals surface area contributed by atoms with Crippen LogP contribution in [0.25, 0.3) is 0 Å². The summed E-state index contributed by atoms with van der Waals surface area (Å²) in [5, 5.41) is 3.95. The molecule has 1 rings (SSSR count). The van der Waals surface area contributed by atoms with Gasteiger partial charge in [-0.2, -0.15) is 5.10 Å². The lowest BCUT2D eigenvalue weighted by molar-refractivity contribution is 0.421. The molecule has 0 aliphatic rings. The van der Waals surface area contributed by atoms with Crippen LogP contribution in [-0.2, 0) is 13.0 Å². The summed E-state index contributed by atoms with van der Waals surface area (Å²) in [6.45, 7) is 2.08. The molecule has 56 valence electrons. The summed E-state index contributed by atoms with van der Waals surface area (Å²) in [6.07, 6.45) is 2.62. The number of nitrogens with zero attached hydrogens (tertiary/aromatic N) is 2. The van der Waals surface area contributed by atoms with Crippen LogP contribution in [0.5, 0.6) is 0 Å². The van der Waals surface area contributed by atoms with E-state index in [0.29, 0.717) is 6.54 Å². The van der Waals surface area contributed by atoms with E-state index in [9.17, 15) is 4.39 Å². The maximum Gasteiger partial charge on any atom is 0.109 e. The van der Waals surface area contributed by atoms with Crippen LogP contribution in [0, 0.1) is 0 Å². The molecule has 3 heteroatoms. The Hall–Kier alpha value is -0.860. The van der Waals surface area contributed by atoms with Gasteiger partial charge in [-0.3, -0.25) is 4.68 Å². The molecule has 0 fully saturated rings. The Morgan fingerprint density at radius 2 is 2.50 bits per heavy atom. The van der Waals surface area contributed by atoms with Crippen LogP contribution < -0.4 is 0 Å². The Morgan fingerprint density at radius 3 is 3.10 bits per heavy atom. The molecule has 0 spiro atoms. The van der Waals surface area contributed by atoms with Crippen molar-refractivity contribution >= 4 is 0 Å². The van der Waals surface area contributed by atoms with E-state index in [0.717, 1.165) is 12.1 Å². The number of aryl methyl sites for hydroxylation is 2. The van der Waals surface area contributed by atoms with E-state index in [1.165, 1.54) is 0 Å². The number of halogens is 1. The second-order valence-electron chi connectivity index (χ2n) is 2.09. The topological polar surface area (TPSA) is 17.8 Å². The Labute approximate surface area is 59.7 Å². The number of aromatic nitrogens is 2. The van der Waals surface area contributed by atoms with E-state index in [1.807, 2.05) is 13.0 Å². The Morgan fingerprint density at radius 1 is 1.70 bits per heavy atom. The van der Waals surface area contributed by atoms with Gasteiger partial charge in [0.2, 0.25) is 0 Å². The summed E-state index contributed by atoms with van der Waals surface area (Å²) in [4.78, 5) is 0. The van der Waals surface area contributed by atoms with Crippen molar-refractivity contribution in [3.8, 4) is 0 Å². The molecule has 0 atom stereocenters. The number of hydrogen-bond donors (Lipinski definition) is 0. The molecule has 0 amide bonds. The highest BCUT2D eigenvalue weighted by Gasteiger charge is 1.97. The highest BCUT2D eigenvalue weighted by atomic mass is 19.1. The first-order valence-electron chi connectivity index (χ1n) is 3.45. The molecule has 2 nitrogen and oxygen atoms in total. The summed E-state index contributed by atoms with van der Waals surface area (Å²) in [5.74, 6) is 0. The molecular weight excluding hydrogens is 131 g/mol. The zero-order valence-electron chi connectivity index (χ0n) is 6.05. The van der Waals surface area contributed by atoms with Gasteiger partial charge in [-0.1, -0.05) is 6.92 Å². The zero-order chi connectivity index (χ0) is 7.40. The first-order chi connectivity index (χ1) is 4.88. The maximum atomic E-state index is 11.8. The summed E-state index contributed by atoms with van der Waals surface area (Å²) < 4.78 is 13.5. The average molecular weight is 142 g/mol. The summed E-state index contributed by atoms with van der Waals surface area (Å²) in [7, 11) is 0. The number of hydrogen-bond acceptors (Lipinski definition) is 1. The van der Waals surface area contributed by atoms with Crippen LogP contribution in [0.2, 0.25) is 0 Å². The molecule has 0 N–H and O–H groups in total. The molecule has 0 saturated heterocycles. The highest BCUT2D eigenvalue weighted by molar-refractivity contribution is 4.99. The van der Waals surface area contributed by atoms with Gasteiger partial charge in [0.25, 0.3) is 0 Å². The quantitative estimate of drug-likeness (QED) is 0.624. The van der Waals surface area contributed by atoms with E-state index in [1.54, 1.807) is 10.9 Å². The Bertz CT molecular complexity index is 195. The fourth-order valence-electron chi connectivity index (χ4n) is 0.942. The monoisotopic (exact) mass is 142 g/mol. The van der Waals surface area contributed by atoms with Gasteiger partial charge in [-0.05, 0) is 12.5 Å². The third-order valence-corrected chi connectivity index (χ3v) is 1.46. The van der Waals surface area contributed by atoms with Gasteiger partial charge in [0.05, 0.1) is 6.54 Å². The predicted octanol–water partition coefficient (Wildman–Crippen LogP) is 1.41. The van der Waals surface area contributed by atoms with Crippen LogP contribution in [0.15, 0.2) is 12.3 Å². The molecule has 1 aromatic heterocycles. The molecule has 0 aliphatic heterocycles. The van der Waals surface area contributed by atoms with Crippen molar-refractivity contribution in [3.63, 3.8) is 0 Å². The fourth-order valence-corrected chi connectivity index (χ4v) is 0.942. The lowest BCUT2D eigenvalue weighted by Crippen LogP contribution is -2.05. The molecule has 1 heterocycles. The Kier molecular flexibility index (Phi) is 2.42. The largest absolute Gasteiger partial charge is 0.267 e. The molecule has 0 saturated carbocycles. The minimum atomic E-state index is -0.339. The number of alkyl halides is 1. The lowest BCUT2D eigenvalue weighted by Gasteiger charge is -2.00. The average Bonchev–Trinajstić information content (AvgIpc) is 2.36. The molecule has 0 aliphatic carbocycles. The van der Waals surface area contributed by atoms with Crippen molar-refractivity contribution in [3.05, 3.63) is 18.0 Å². The van der Waals surface area contributed by atoms with E-state index < -0.39 is 0 Å². The molecular formula is C7H11FN2. The van der Waals surface area contributed by atoms with Crippen LogP contribution in [0.4, 0.5) is 4.39 Å². The van der Waals surface area contributed by atoms with E-state index in [-0.39, 0.29) is 6.67 Å². The van der Waals surface area contributed by atoms with Crippen LogP contribution in [0.1, 0.15) is 12.6 Å². The van der Waals surface area contributed by atoms with Gasteiger partial charge in [-0.25, -0.2) is 4.39 Å². The summed E-state index contributed by atoms with van der Waals surface area (Å²) in [6, 6.07) is 1.91. The van der Waals surface area contributed by atoms with Crippen molar-refractivity contribution in [2.45, 2.75) is 19.9 Å². The third-order valence-electron chi connectivity index (χ3n) is 1.46. The Balaban J connectivity index is 2.70. The zero-order valence-corrected chi connectivity index (χ0v) is 6.05. The van der Waals surface area contributed by atoms with Crippen LogP contribution in [0.3, 0.4) is 0 Å². The SMILES string of the molecule is CCc1ccnn1CCF. The molecule has 0 radical (unpaired) electrons. The molecule has 0 unspecified atom stereocenters. The van der Waals surface area contributed by atoms with Gasteiger partial charge < -0.3 is 0 Å². The minimum absolute atomic E-state index is 0.339. The van der Waals surface area contributed by atoms with E-state index in [2.05, 4.69) is 5.10 Å². The number of rotatable bonds is 3. The predicted molar refractivity (Wildman–Crippen MR) is 37.6 cm³/mol. The van der Waals surface area contributed by atoms with Gasteiger partial charge in [-0.15, -0.1) is 0 Å². The molecule has 1 aromatic rings. The van der Waals surface area contributed by atoms with Gasteiger partial charge in [0.15, 0.2) is 0 Å². The normalized spacial score (nSPS) is 10.2. The van der Waals surface area contributed by atoms with Crippen molar-refractivity contribution in [2.24, 2.45) is 0 Å². The van der Waals surface area contributed by atoms with Crippen molar-refractivity contribution in [1.82, 2.24) is 9.78 Å². The lowest BCUT2D eigenvalue weighted by atomic mass is 10.3. The summed E-state index contributed by atoms with van der Waals surface area (Å²) >= 11 is 0. The highest BCUT2D eigenvalue weighted by Crippen LogP contribution is 1.98. The summed E-state index contributed by atoms with van der Waals surface area (Å²) in [5.41, 5.74) is 1.10. The molecule has 0 aromatic carbocycles. The van der Waals surface area contributed by atoms with Crippen molar-refractivity contribution < 1.29 is 4.39 Å². The smallest absolute Gasteiger partial charge is 0.109 e. The maximum absolute atomic E-state index is 11.8. The van der Waals surface area contributed by atoms with Gasteiger partial charge in [0, 0.05) is 11.9 Å². The second-order valence-corrected chi connectivity index (χ2v) is 2.09. The van der Waals surface area contributed by atoms with Crippen molar-refractivity contribution in [2.75, 3.05) is 6.67 Å². The van der Waals surface area contributed by atoms with E-state index in [4.69, 9.17) is 0 Å². The minimum Gasteiger partial charge on any atom is -0.267 e. The van der Waals surface area contributed by atoms with Crippen LogP contribution >= 0.6 is 0 Å². The first-order valence-corrected chi connectivity index (χ1v) is 3.45. The molecule has 0 bridgehead atoms. The third kappa shape index (κ3) is 1.35. The standard InChI is InChI=1S/C7H11FN2/c1-2-7-3-5-9-10(7)6-4-8/h3,5H,2,4,6H2,1H3. The second kappa shape index (κ2) is 3.34. The van der Waals surface area contributed by atoms with Gasteiger partial charge >= 0.3 is 0 Å². The first kappa shape index (κ1) is 7.25. The van der Waals surface area contributed by atoms with Crippen molar-refractivity contribution in [1.29, 1.82) is 0 Å².